The smallest absolute Gasteiger partial charge is 0.135 e. The maximum Gasteiger partial charge on any atom is 0.135 e. The lowest BCUT2D eigenvalue weighted by Gasteiger charge is -2.21. The van der Waals surface area contributed by atoms with Gasteiger partial charge in [0, 0.05) is 10.8 Å². The van der Waals surface area contributed by atoms with E-state index in [0.717, 1.165) is 21.9 Å². The maximum atomic E-state index is 6.27. The van der Waals surface area contributed by atoms with Crippen LogP contribution in [0, 0.1) is 0 Å². The summed E-state index contributed by atoms with van der Waals surface area (Å²) < 4.78 is 6.27. The Bertz CT molecular complexity index is 3160. The van der Waals surface area contributed by atoms with E-state index >= 15 is 0 Å². The molecule has 1 heterocycles. The van der Waals surface area contributed by atoms with E-state index in [1.807, 2.05) is 6.07 Å². The molecule has 0 spiro atoms. The summed E-state index contributed by atoms with van der Waals surface area (Å²) in [5, 5.41) is 17.5. The van der Waals surface area contributed by atoms with Crippen molar-refractivity contribution in [2.45, 2.75) is 0 Å². The molecule has 0 N–H and O–H groups in total. The van der Waals surface area contributed by atoms with E-state index < -0.39 is 0 Å². The van der Waals surface area contributed by atoms with E-state index in [1.54, 1.807) is 0 Å². The summed E-state index contributed by atoms with van der Waals surface area (Å²) in [4.78, 5) is 0. The fraction of sp³-hybridized carbons (Fsp3) is 0. The van der Waals surface area contributed by atoms with Crippen molar-refractivity contribution in [1.29, 1.82) is 0 Å². The fourth-order valence-corrected chi connectivity index (χ4v) is 8.49. The summed E-state index contributed by atoms with van der Waals surface area (Å²) in [6.07, 6.45) is 0. The molecular weight excluding hydrogens is 593 g/mol. The van der Waals surface area contributed by atoms with E-state index in [1.165, 1.54) is 86.9 Å². The largest absolute Gasteiger partial charge is 0.456 e. The van der Waals surface area contributed by atoms with Gasteiger partial charge in [0.05, 0.1) is 0 Å². The number of hydrogen-bond donors (Lipinski definition) is 0. The molecule has 0 unspecified atom stereocenters. The van der Waals surface area contributed by atoms with E-state index in [0.29, 0.717) is 0 Å². The molecule has 0 amide bonds. The average molecular weight is 621 g/mol. The van der Waals surface area contributed by atoms with Crippen LogP contribution < -0.4 is 0 Å². The van der Waals surface area contributed by atoms with Crippen molar-refractivity contribution in [3.8, 4) is 22.3 Å². The van der Waals surface area contributed by atoms with Crippen LogP contribution in [0.3, 0.4) is 0 Å². The van der Waals surface area contributed by atoms with Gasteiger partial charge < -0.3 is 4.42 Å². The molecule has 0 fully saturated rings. The number of furan rings is 1. The van der Waals surface area contributed by atoms with Gasteiger partial charge in [-0.15, -0.1) is 0 Å². The van der Waals surface area contributed by atoms with Crippen LogP contribution in [0.25, 0.3) is 109 Å². The second-order valence-electron chi connectivity index (χ2n) is 13.2. The lowest BCUT2D eigenvalue weighted by molar-refractivity contribution is 0.669. The van der Waals surface area contributed by atoms with E-state index in [9.17, 15) is 0 Å². The van der Waals surface area contributed by atoms with Gasteiger partial charge in [0.1, 0.15) is 11.2 Å². The summed E-state index contributed by atoms with van der Waals surface area (Å²) in [6.45, 7) is 0. The summed E-state index contributed by atoms with van der Waals surface area (Å²) in [7, 11) is 0. The van der Waals surface area contributed by atoms with E-state index in [2.05, 4.69) is 164 Å². The lowest BCUT2D eigenvalue weighted by atomic mass is 9.82. The first-order valence-corrected chi connectivity index (χ1v) is 16.9. The first kappa shape index (κ1) is 26.6. The Morgan fingerprint density at radius 2 is 0.837 bits per heavy atom. The Morgan fingerprint density at radius 3 is 1.63 bits per heavy atom. The predicted molar refractivity (Wildman–Crippen MR) is 210 cm³/mol. The van der Waals surface area contributed by atoms with Crippen molar-refractivity contribution < 1.29 is 4.42 Å². The molecule has 11 aromatic rings. The maximum absolute atomic E-state index is 6.27. The number of benzene rings is 10. The minimum atomic E-state index is 0.912. The lowest BCUT2D eigenvalue weighted by Crippen LogP contribution is -1.93. The second-order valence-corrected chi connectivity index (χ2v) is 13.2. The molecule has 11 rings (SSSR count). The van der Waals surface area contributed by atoms with Crippen LogP contribution >= 0.6 is 0 Å². The zero-order valence-corrected chi connectivity index (χ0v) is 26.6. The molecule has 0 radical (unpaired) electrons. The number of para-hydroxylation sites is 1. The van der Waals surface area contributed by atoms with Crippen molar-refractivity contribution in [3.63, 3.8) is 0 Å². The molecular formula is C48H28O. The predicted octanol–water partition coefficient (Wildman–Crippen LogP) is 13.8. The molecule has 0 saturated heterocycles. The first-order chi connectivity index (χ1) is 24.3. The molecule has 10 aromatic carbocycles. The quantitative estimate of drug-likeness (QED) is 0.138. The Hall–Kier alpha value is -6.44. The average Bonchev–Trinajstić information content (AvgIpc) is 3.54. The molecule has 0 saturated carbocycles. The molecule has 1 heteroatoms. The van der Waals surface area contributed by atoms with Gasteiger partial charge in [0.15, 0.2) is 0 Å². The Balaban J connectivity index is 1.35. The Kier molecular flexibility index (Phi) is 5.45. The summed E-state index contributed by atoms with van der Waals surface area (Å²) >= 11 is 0. The van der Waals surface area contributed by atoms with Crippen LogP contribution in [0.2, 0.25) is 0 Å². The second kappa shape index (κ2) is 10.0. The number of fused-ring (bicyclic) bond motifs is 12. The van der Waals surface area contributed by atoms with Crippen LogP contribution in [0.4, 0.5) is 0 Å². The van der Waals surface area contributed by atoms with Crippen LogP contribution in [0.1, 0.15) is 0 Å². The minimum absolute atomic E-state index is 0.912. The Labute approximate surface area is 282 Å². The van der Waals surface area contributed by atoms with Crippen LogP contribution in [0.5, 0.6) is 0 Å². The van der Waals surface area contributed by atoms with Gasteiger partial charge in [-0.3, -0.25) is 0 Å². The first-order valence-electron chi connectivity index (χ1n) is 16.9. The van der Waals surface area contributed by atoms with Gasteiger partial charge in [-0.25, -0.2) is 0 Å². The standard InChI is InChI=1S/C48H28O/c1-3-13-32-29(11-1)21-24-36-34-15-5-6-16-35(34)43(28-41(32)36)47-39-19-8-7-18-38(39)46(48-33-14-4-2-12-30(33)22-25-40(47)48)31-23-26-45-42(27-31)37-17-9-10-20-44(37)49-45/h1-28H. The molecule has 49 heavy (non-hydrogen) atoms. The van der Waals surface area contributed by atoms with E-state index in [-0.39, 0.29) is 0 Å². The third kappa shape index (κ3) is 3.76. The molecule has 0 bridgehead atoms. The van der Waals surface area contributed by atoms with Crippen molar-refractivity contribution >= 4 is 86.6 Å². The monoisotopic (exact) mass is 620 g/mol. The van der Waals surface area contributed by atoms with Gasteiger partial charge in [-0.1, -0.05) is 146 Å². The Morgan fingerprint density at radius 1 is 0.286 bits per heavy atom. The number of hydrogen-bond acceptors (Lipinski definition) is 1. The van der Waals surface area contributed by atoms with Gasteiger partial charge >= 0.3 is 0 Å². The summed E-state index contributed by atoms with van der Waals surface area (Å²) in [6, 6.07) is 62.3. The van der Waals surface area contributed by atoms with Crippen molar-refractivity contribution in [2.24, 2.45) is 0 Å². The van der Waals surface area contributed by atoms with Gasteiger partial charge in [0.2, 0.25) is 0 Å². The summed E-state index contributed by atoms with van der Waals surface area (Å²) in [5.41, 5.74) is 6.82. The van der Waals surface area contributed by atoms with Gasteiger partial charge in [-0.2, -0.15) is 0 Å². The third-order valence-electron chi connectivity index (χ3n) is 10.6. The zero-order chi connectivity index (χ0) is 32.1. The SMILES string of the molecule is c1ccc2c(c1)ccc1c3ccccc3c(-c3c4ccccc4c(-c4ccc5oc6ccccc6c5c4)c4c3ccc3ccccc34)cc21. The molecule has 0 atom stereocenters. The van der Waals surface area contributed by atoms with Crippen LogP contribution in [-0.2, 0) is 0 Å². The normalized spacial score (nSPS) is 12.1. The zero-order valence-electron chi connectivity index (χ0n) is 26.6. The summed E-state index contributed by atoms with van der Waals surface area (Å²) in [5.74, 6) is 0. The van der Waals surface area contributed by atoms with Gasteiger partial charge in [0.25, 0.3) is 0 Å². The van der Waals surface area contributed by atoms with E-state index in [4.69, 9.17) is 4.42 Å². The highest BCUT2D eigenvalue weighted by Crippen LogP contribution is 2.49. The van der Waals surface area contributed by atoms with Gasteiger partial charge in [-0.05, 0) is 111 Å². The third-order valence-corrected chi connectivity index (χ3v) is 10.6. The van der Waals surface area contributed by atoms with Crippen molar-refractivity contribution in [1.82, 2.24) is 0 Å². The molecule has 1 nitrogen and oxygen atoms in total. The molecule has 1 aromatic heterocycles. The molecule has 0 aliphatic rings. The highest BCUT2D eigenvalue weighted by molar-refractivity contribution is 6.31. The topological polar surface area (TPSA) is 13.1 Å². The van der Waals surface area contributed by atoms with Crippen LogP contribution in [-0.4, -0.2) is 0 Å². The molecule has 226 valence electrons. The fourth-order valence-electron chi connectivity index (χ4n) is 8.49. The highest BCUT2D eigenvalue weighted by atomic mass is 16.3. The number of rotatable bonds is 2. The van der Waals surface area contributed by atoms with Crippen molar-refractivity contribution in [2.75, 3.05) is 0 Å². The molecule has 0 aliphatic heterocycles. The van der Waals surface area contributed by atoms with Crippen LogP contribution in [0.15, 0.2) is 174 Å². The minimum Gasteiger partial charge on any atom is -0.456 e. The highest BCUT2D eigenvalue weighted by Gasteiger charge is 2.21. The molecule has 0 aliphatic carbocycles. The van der Waals surface area contributed by atoms with Crippen molar-refractivity contribution in [3.05, 3.63) is 170 Å².